The topological polar surface area (TPSA) is 77.0 Å². The molecule has 7 heteroatoms. The van der Waals surface area contributed by atoms with Gasteiger partial charge in [-0.05, 0) is 18.2 Å². The highest BCUT2D eigenvalue weighted by molar-refractivity contribution is 7.98. The minimum absolute atomic E-state index is 0.162. The Morgan fingerprint density at radius 2 is 2.38 bits per heavy atom. The van der Waals surface area contributed by atoms with Crippen LogP contribution in [0.1, 0.15) is 5.82 Å². The molecule has 0 fully saturated rings. The maximum atomic E-state index is 12.9. The molecular formula is C9H9FN4OS. The van der Waals surface area contributed by atoms with Crippen molar-refractivity contribution in [1.29, 1.82) is 0 Å². The number of nitrogen functional groups attached to an aromatic ring is 1. The van der Waals surface area contributed by atoms with E-state index < -0.39 is 0 Å². The number of halogens is 1. The van der Waals surface area contributed by atoms with E-state index in [0.717, 1.165) is 4.90 Å². The third-order valence-electron chi connectivity index (χ3n) is 1.76. The molecule has 0 aliphatic carbocycles. The fraction of sp³-hybridized carbons (Fsp3) is 0.111. The lowest BCUT2D eigenvalue weighted by atomic mass is 10.4. The Balaban J connectivity index is 1.96. The Bertz CT molecular complexity index is 476. The fourth-order valence-electron chi connectivity index (χ4n) is 1.08. The zero-order valence-corrected chi connectivity index (χ0v) is 9.00. The van der Waals surface area contributed by atoms with Gasteiger partial charge in [-0.1, -0.05) is 11.2 Å². The fourth-order valence-corrected chi connectivity index (χ4v) is 1.86. The van der Waals surface area contributed by atoms with E-state index in [-0.39, 0.29) is 11.8 Å². The molecule has 0 saturated heterocycles. The van der Waals surface area contributed by atoms with E-state index >= 15 is 0 Å². The Morgan fingerprint density at radius 1 is 1.50 bits per heavy atom. The van der Waals surface area contributed by atoms with Crippen molar-refractivity contribution in [2.45, 2.75) is 10.6 Å². The van der Waals surface area contributed by atoms with E-state index in [1.165, 1.54) is 23.9 Å². The van der Waals surface area contributed by atoms with Gasteiger partial charge in [0.1, 0.15) is 5.82 Å². The number of aromatic nitrogens is 2. The molecule has 0 aliphatic heterocycles. The predicted molar refractivity (Wildman–Crippen MR) is 58.1 cm³/mol. The molecule has 0 aliphatic rings. The lowest BCUT2D eigenvalue weighted by Crippen LogP contribution is -2.06. The standard InChI is InChI=1S/C9H9FN4OS/c10-6-2-1-3-7(4-6)16-5-8-12-9(13-11)15-14-8/h1-4H,5,11H2,(H,12,13,14). The molecule has 0 spiro atoms. The Morgan fingerprint density at radius 3 is 3.06 bits per heavy atom. The molecule has 0 saturated carbocycles. The smallest absolute Gasteiger partial charge is 0.314 e. The minimum Gasteiger partial charge on any atom is -0.314 e. The summed E-state index contributed by atoms with van der Waals surface area (Å²) in [6.45, 7) is 0. The van der Waals surface area contributed by atoms with Gasteiger partial charge in [-0.25, -0.2) is 10.2 Å². The molecule has 0 radical (unpaired) electrons. The number of benzene rings is 1. The van der Waals surface area contributed by atoms with Gasteiger partial charge in [0.15, 0.2) is 5.82 Å². The van der Waals surface area contributed by atoms with Gasteiger partial charge in [0.05, 0.1) is 5.75 Å². The average molecular weight is 240 g/mol. The first kappa shape index (κ1) is 10.9. The number of hydrogen-bond donors (Lipinski definition) is 2. The van der Waals surface area contributed by atoms with Crippen molar-refractivity contribution < 1.29 is 8.91 Å². The summed E-state index contributed by atoms with van der Waals surface area (Å²) in [7, 11) is 0. The van der Waals surface area contributed by atoms with Crippen LogP contribution in [0.4, 0.5) is 10.4 Å². The van der Waals surface area contributed by atoms with Crippen LogP contribution in [0.15, 0.2) is 33.7 Å². The number of hydrogen-bond acceptors (Lipinski definition) is 6. The summed E-state index contributed by atoms with van der Waals surface area (Å²) >= 11 is 1.42. The second-order valence-corrected chi connectivity index (χ2v) is 3.95. The SMILES string of the molecule is NNc1nc(CSc2cccc(F)c2)no1. The summed E-state index contributed by atoms with van der Waals surface area (Å²) in [4.78, 5) is 4.75. The molecule has 2 aromatic rings. The third-order valence-corrected chi connectivity index (χ3v) is 2.75. The third kappa shape index (κ3) is 2.71. The summed E-state index contributed by atoms with van der Waals surface area (Å²) < 4.78 is 17.6. The lowest BCUT2D eigenvalue weighted by Gasteiger charge is -1.97. The van der Waals surface area contributed by atoms with Crippen LogP contribution < -0.4 is 11.3 Å². The molecule has 16 heavy (non-hydrogen) atoms. The van der Waals surface area contributed by atoms with Gasteiger partial charge in [-0.3, -0.25) is 5.43 Å². The van der Waals surface area contributed by atoms with Gasteiger partial charge >= 0.3 is 6.01 Å². The number of hydrazine groups is 1. The number of nitrogens with zero attached hydrogens (tertiary/aromatic N) is 2. The quantitative estimate of drug-likeness (QED) is 0.482. The largest absolute Gasteiger partial charge is 0.335 e. The van der Waals surface area contributed by atoms with Crippen molar-refractivity contribution in [3.05, 3.63) is 35.9 Å². The van der Waals surface area contributed by atoms with E-state index in [0.29, 0.717) is 11.6 Å². The summed E-state index contributed by atoms with van der Waals surface area (Å²) in [5.74, 6) is 5.82. The van der Waals surface area contributed by atoms with Gasteiger partial charge in [0, 0.05) is 4.90 Å². The van der Waals surface area contributed by atoms with Crippen molar-refractivity contribution >= 4 is 17.8 Å². The van der Waals surface area contributed by atoms with E-state index in [9.17, 15) is 4.39 Å². The van der Waals surface area contributed by atoms with Crippen LogP contribution in [0.2, 0.25) is 0 Å². The van der Waals surface area contributed by atoms with E-state index in [2.05, 4.69) is 15.6 Å². The van der Waals surface area contributed by atoms with Crippen molar-refractivity contribution in [3.8, 4) is 0 Å². The molecule has 0 bridgehead atoms. The molecule has 1 heterocycles. The van der Waals surface area contributed by atoms with E-state index in [4.69, 9.17) is 10.4 Å². The zero-order valence-electron chi connectivity index (χ0n) is 8.18. The van der Waals surface area contributed by atoms with Crippen LogP contribution in [0.5, 0.6) is 0 Å². The van der Waals surface area contributed by atoms with Crippen LogP contribution in [0.3, 0.4) is 0 Å². The minimum atomic E-state index is -0.262. The second kappa shape index (κ2) is 4.95. The van der Waals surface area contributed by atoms with Gasteiger partial charge in [0.2, 0.25) is 0 Å². The van der Waals surface area contributed by atoms with E-state index in [1.54, 1.807) is 6.07 Å². The summed E-state index contributed by atoms with van der Waals surface area (Å²) in [6, 6.07) is 6.48. The van der Waals surface area contributed by atoms with Crippen molar-refractivity contribution in [3.63, 3.8) is 0 Å². The van der Waals surface area contributed by atoms with Crippen molar-refractivity contribution in [2.24, 2.45) is 5.84 Å². The normalized spacial score (nSPS) is 10.4. The number of rotatable bonds is 4. The predicted octanol–water partition coefficient (Wildman–Crippen LogP) is 1.79. The molecule has 0 unspecified atom stereocenters. The molecular weight excluding hydrogens is 231 g/mol. The Kier molecular flexibility index (Phi) is 3.37. The van der Waals surface area contributed by atoms with Crippen LogP contribution in [-0.2, 0) is 5.75 Å². The second-order valence-electron chi connectivity index (χ2n) is 2.91. The van der Waals surface area contributed by atoms with Crippen LogP contribution in [-0.4, -0.2) is 10.1 Å². The highest BCUT2D eigenvalue weighted by Gasteiger charge is 2.05. The number of thioether (sulfide) groups is 1. The average Bonchev–Trinajstić information content (AvgIpc) is 2.74. The van der Waals surface area contributed by atoms with Gasteiger partial charge in [-0.15, -0.1) is 11.8 Å². The summed E-state index contributed by atoms with van der Waals surface area (Å²) in [6.07, 6.45) is 0. The highest BCUT2D eigenvalue weighted by atomic mass is 32.2. The molecule has 1 aromatic heterocycles. The molecule has 5 nitrogen and oxygen atoms in total. The Hall–Kier alpha value is -1.60. The summed E-state index contributed by atoms with van der Waals surface area (Å²) in [5, 5.41) is 3.68. The van der Waals surface area contributed by atoms with E-state index in [1.807, 2.05) is 6.07 Å². The van der Waals surface area contributed by atoms with Gasteiger partial charge < -0.3 is 4.52 Å². The molecule has 0 atom stereocenters. The maximum absolute atomic E-state index is 12.9. The van der Waals surface area contributed by atoms with Gasteiger partial charge in [0.25, 0.3) is 0 Å². The Labute approximate surface area is 95.2 Å². The molecule has 3 N–H and O–H groups in total. The lowest BCUT2D eigenvalue weighted by molar-refractivity contribution is 0.425. The van der Waals surface area contributed by atoms with Gasteiger partial charge in [-0.2, -0.15) is 4.98 Å². The number of nitrogens with one attached hydrogen (secondary N) is 1. The maximum Gasteiger partial charge on any atom is 0.335 e. The number of nitrogens with two attached hydrogens (primary N) is 1. The highest BCUT2D eigenvalue weighted by Crippen LogP contribution is 2.22. The molecule has 84 valence electrons. The first-order valence-electron chi connectivity index (χ1n) is 4.45. The summed E-state index contributed by atoms with van der Waals surface area (Å²) in [5.41, 5.74) is 2.25. The number of anilines is 1. The first-order chi connectivity index (χ1) is 7.78. The van der Waals surface area contributed by atoms with Crippen LogP contribution in [0.25, 0.3) is 0 Å². The molecule has 0 amide bonds. The van der Waals surface area contributed by atoms with Crippen LogP contribution in [0, 0.1) is 5.82 Å². The molecule has 2 rings (SSSR count). The molecule has 1 aromatic carbocycles. The van der Waals surface area contributed by atoms with Crippen molar-refractivity contribution in [1.82, 2.24) is 10.1 Å². The van der Waals surface area contributed by atoms with Crippen LogP contribution >= 0.6 is 11.8 Å². The van der Waals surface area contributed by atoms with Crippen molar-refractivity contribution in [2.75, 3.05) is 5.43 Å². The first-order valence-corrected chi connectivity index (χ1v) is 5.44. The zero-order chi connectivity index (χ0) is 11.4. The monoisotopic (exact) mass is 240 g/mol.